The molecule has 5 aromatic carbocycles. The van der Waals surface area contributed by atoms with Gasteiger partial charge in [-0.3, -0.25) is 28.8 Å². The number of hydrogen-bond acceptors (Lipinski definition) is 12. The summed E-state index contributed by atoms with van der Waals surface area (Å²) in [6.07, 6.45) is 0.196. The smallest absolute Gasteiger partial charge is 0.258 e. The summed E-state index contributed by atoms with van der Waals surface area (Å²) in [5, 5.41) is 26.4. The van der Waals surface area contributed by atoms with E-state index < -0.39 is 58.0 Å². The number of ketones is 2. The third-order valence-corrected chi connectivity index (χ3v) is 11.5. The van der Waals surface area contributed by atoms with Gasteiger partial charge in [-0.2, -0.15) is 20.5 Å². The van der Waals surface area contributed by atoms with Gasteiger partial charge < -0.3 is 30.7 Å². The van der Waals surface area contributed by atoms with E-state index in [9.17, 15) is 28.8 Å². The molecule has 0 radical (unpaired) electrons. The molecule has 0 bridgehead atoms. The summed E-state index contributed by atoms with van der Waals surface area (Å²) in [5.74, 6) is -2.91. The number of amides is 4. The molecule has 0 spiro atoms. The Kier molecular flexibility index (Phi) is 20.4. The van der Waals surface area contributed by atoms with Gasteiger partial charge >= 0.3 is 0 Å². The van der Waals surface area contributed by atoms with E-state index in [0.29, 0.717) is 52.8 Å². The molecule has 5 rings (SSSR count). The SMILES string of the molecule is CCOc1cccc(NC(=O)c2ccc(Cl)c(N=NC(C(C)=O)C(=O)Nc3ccc(NC(=O)C(N=Nc4cc(C(=O)Nc5cccc(OCC)c5C(C)Cl)ccc4Cl)C(C)=O)c(CCCl)c3)c2)c1C(C)Cl. The number of azo groups is 2. The molecule has 21 heteroatoms. The summed E-state index contributed by atoms with van der Waals surface area (Å²) in [7, 11) is 0. The summed E-state index contributed by atoms with van der Waals surface area (Å²) in [6, 6.07) is 20.0. The van der Waals surface area contributed by atoms with E-state index in [1.807, 2.05) is 13.8 Å². The van der Waals surface area contributed by atoms with Gasteiger partial charge in [0.05, 0.1) is 34.0 Å². The summed E-state index contributed by atoms with van der Waals surface area (Å²) in [6.45, 7) is 10.3. The number of nitrogens with zero attached hydrogens (tertiary/aromatic N) is 4. The number of rotatable bonds is 22. The first kappa shape index (κ1) is 55.5. The van der Waals surface area contributed by atoms with Crippen LogP contribution in [0.1, 0.15) is 89.7 Å². The van der Waals surface area contributed by atoms with Gasteiger partial charge in [-0.1, -0.05) is 35.3 Å². The summed E-state index contributed by atoms with van der Waals surface area (Å²) < 4.78 is 11.4. The van der Waals surface area contributed by atoms with Gasteiger partial charge in [0.25, 0.3) is 23.6 Å². The molecule has 4 N–H and O–H groups in total. The van der Waals surface area contributed by atoms with E-state index in [0.717, 1.165) is 13.8 Å². The average Bonchev–Trinajstić information content (AvgIpc) is 3.31. The lowest BCUT2D eigenvalue weighted by Gasteiger charge is -2.17. The maximum Gasteiger partial charge on any atom is 0.258 e. The van der Waals surface area contributed by atoms with Crippen molar-refractivity contribution in [1.82, 2.24) is 0 Å². The topological polar surface area (TPSA) is 218 Å². The molecule has 0 saturated heterocycles. The predicted molar refractivity (Wildman–Crippen MR) is 279 cm³/mol. The molecule has 372 valence electrons. The highest BCUT2D eigenvalue weighted by molar-refractivity contribution is 6.33. The van der Waals surface area contributed by atoms with E-state index in [-0.39, 0.29) is 56.2 Å². The van der Waals surface area contributed by atoms with Gasteiger partial charge in [0.1, 0.15) is 22.9 Å². The third-order valence-electron chi connectivity index (χ3n) is 10.3. The van der Waals surface area contributed by atoms with Crippen LogP contribution in [0.2, 0.25) is 10.0 Å². The minimum absolute atomic E-state index is 0.00904. The van der Waals surface area contributed by atoms with Crippen LogP contribution in [0, 0.1) is 0 Å². The lowest BCUT2D eigenvalue weighted by Crippen LogP contribution is -2.32. The minimum atomic E-state index is -1.64. The first-order chi connectivity index (χ1) is 33.9. The molecular weight excluding hydrogens is 1020 g/mol. The van der Waals surface area contributed by atoms with Gasteiger partial charge in [0.15, 0.2) is 11.6 Å². The number of benzene rings is 5. The number of alkyl halides is 3. The molecule has 0 aliphatic heterocycles. The van der Waals surface area contributed by atoms with Crippen LogP contribution in [0.4, 0.5) is 34.1 Å². The standard InChI is InChI=1S/C50H49Cl5N8O8/c1-7-70-41-13-9-11-37(43(41)26(3)52)58-47(66)31-15-18-34(54)39(24-31)60-62-45(28(5)64)49(68)56-33-17-20-36(30(23-33)21-22-51)57-50(69)46(29(6)65)63-61-40-25-32(16-19-35(40)55)48(67)59-38-12-10-14-42(71-8-2)44(38)27(4)53/h9-20,23-27,45-46H,7-8,21-22H2,1-6H3,(H,56,68)(H,57,69)(H,58,66)(H,59,67). The lowest BCUT2D eigenvalue weighted by molar-refractivity contribution is -0.127. The fourth-order valence-corrected chi connectivity index (χ4v) is 7.89. The second-order valence-corrected chi connectivity index (χ2v) is 18.0. The molecule has 4 amide bonds. The lowest BCUT2D eigenvalue weighted by atomic mass is 10.1. The van der Waals surface area contributed by atoms with Crippen LogP contribution in [0.15, 0.2) is 111 Å². The molecule has 71 heavy (non-hydrogen) atoms. The van der Waals surface area contributed by atoms with Crippen molar-refractivity contribution in [2.24, 2.45) is 20.5 Å². The minimum Gasteiger partial charge on any atom is -0.493 e. The molecule has 0 aliphatic carbocycles. The molecule has 0 fully saturated rings. The Hall–Kier alpha value is -6.43. The Bertz CT molecular complexity index is 2880. The van der Waals surface area contributed by atoms with Crippen molar-refractivity contribution >= 4 is 127 Å². The first-order valence-corrected chi connectivity index (χ1v) is 24.2. The number of aryl methyl sites for hydroxylation is 1. The van der Waals surface area contributed by atoms with Crippen LogP contribution in [-0.4, -0.2) is 66.4 Å². The van der Waals surface area contributed by atoms with Gasteiger partial charge in [0.2, 0.25) is 12.1 Å². The van der Waals surface area contributed by atoms with E-state index >= 15 is 0 Å². The van der Waals surface area contributed by atoms with Crippen molar-refractivity contribution in [3.05, 3.63) is 129 Å². The van der Waals surface area contributed by atoms with Gasteiger partial charge in [-0.25, -0.2) is 0 Å². The van der Waals surface area contributed by atoms with Crippen LogP contribution >= 0.6 is 58.0 Å². The highest BCUT2D eigenvalue weighted by Gasteiger charge is 2.27. The van der Waals surface area contributed by atoms with Crippen LogP contribution in [0.5, 0.6) is 11.5 Å². The number of nitrogens with one attached hydrogen (secondary N) is 4. The number of ether oxygens (including phenoxy) is 2. The van der Waals surface area contributed by atoms with Crippen LogP contribution < -0.4 is 30.7 Å². The molecule has 5 aromatic rings. The number of anilines is 4. The number of hydrogen-bond donors (Lipinski definition) is 4. The molecule has 4 atom stereocenters. The first-order valence-electron chi connectivity index (χ1n) is 22.0. The summed E-state index contributed by atoms with van der Waals surface area (Å²) in [4.78, 5) is 79.5. The van der Waals surface area contributed by atoms with Crippen LogP contribution in [0.25, 0.3) is 0 Å². The second-order valence-electron chi connectivity index (χ2n) is 15.5. The zero-order valence-corrected chi connectivity index (χ0v) is 43.0. The number of halogens is 5. The zero-order valence-electron chi connectivity index (χ0n) is 39.2. The Balaban J connectivity index is 1.29. The third kappa shape index (κ3) is 14.8. The number of carbonyl (C=O) groups excluding carboxylic acids is 6. The number of Topliss-reactive ketones (excluding diaryl/α,β-unsaturated/α-hetero) is 2. The van der Waals surface area contributed by atoms with E-state index in [2.05, 4.69) is 41.7 Å². The van der Waals surface area contributed by atoms with Gasteiger partial charge in [-0.15, -0.1) is 34.8 Å². The number of carbonyl (C=O) groups is 6. The van der Waals surface area contributed by atoms with Crippen molar-refractivity contribution < 1.29 is 38.2 Å². The molecule has 0 saturated carbocycles. The van der Waals surface area contributed by atoms with Crippen molar-refractivity contribution in [3.8, 4) is 11.5 Å². The molecule has 0 heterocycles. The molecule has 0 aromatic heterocycles. The monoisotopic (exact) mass is 1060 g/mol. The Morgan fingerprint density at radius 1 is 0.577 bits per heavy atom. The Morgan fingerprint density at radius 2 is 1.03 bits per heavy atom. The summed E-state index contributed by atoms with van der Waals surface area (Å²) >= 11 is 31.8. The zero-order chi connectivity index (χ0) is 51.9. The fourth-order valence-electron chi connectivity index (χ4n) is 6.93. The van der Waals surface area contributed by atoms with Crippen LogP contribution in [-0.2, 0) is 25.6 Å². The highest BCUT2D eigenvalue weighted by atomic mass is 35.5. The normalized spacial score (nSPS) is 12.9. The highest BCUT2D eigenvalue weighted by Crippen LogP contribution is 2.38. The maximum absolute atomic E-state index is 13.6. The quantitative estimate of drug-likeness (QED) is 0.0296. The fraction of sp³-hybridized carbons (Fsp3) is 0.280. The Morgan fingerprint density at radius 3 is 1.44 bits per heavy atom. The van der Waals surface area contributed by atoms with Crippen LogP contribution in [0.3, 0.4) is 0 Å². The van der Waals surface area contributed by atoms with Gasteiger partial charge in [-0.05, 0) is 132 Å². The summed E-state index contributed by atoms with van der Waals surface area (Å²) in [5.41, 5.74) is 3.27. The van der Waals surface area contributed by atoms with E-state index in [4.69, 9.17) is 67.5 Å². The van der Waals surface area contributed by atoms with Crippen molar-refractivity contribution in [3.63, 3.8) is 0 Å². The molecule has 16 nitrogen and oxygen atoms in total. The molecule has 4 unspecified atom stereocenters. The largest absolute Gasteiger partial charge is 0.493 e. The second kappa shape index (κ2) is 26.1. The Labute approximate surface area is 435 Å². The van der Waals surface area contributed by atoms with Crippen molar-refractivity contribution in [2.75, 3.05) is 40.4 Å². The predicted octanol–water partition coefficient (Wildman–Crippen LogP) is 13.0. The average molecular weight is 1070 g/mol. The van der Waals surface area contributed by atoms with E-state index in [1.54, 1.807) is 50.2 Å². The van der Waals surface area contributed by atoms with Gasteiger partial charge in [0, 0.05) is 50.9 Å². The van der Waals surface area contributed by atoms with Crippen molar-refractivity contribution in [1.29, 1.82) is 0 Å². The van der Waals surface area contributed by atoms with Crippen molar-refractivity contribution in [2.45, 2.75) is 70.8 Å². The maximum atomic E-state index is 13.6. The molecule has 0 aliphatic rings. The molecular formula is C50H49Cl5N8O8. The van der Waals surface area contributed by atoms with E-state index in [1.165, 1.54) is 54.6 Å².